The van der Waals surface area contributed by atoms with Crippen molar-refractivity contribution in [1.29, 1.82) is 0 Å². The molecule has 0 saturated carbocycles. The van der Waals surface area contributed by atoms with E-state index in [1.807, 2.05) is 25.1 Å². The Morgan fingerprint density at radius 2 is 2.27 bits per heavy atom. The van der Waals surface area contributed by atoms with Crippen LogP contribution in [0.15, 0.2) is 22.7 Å². The molecule has 0 bridgehead atoms. The van der Waals surface area contributed by atoms with Crippen LogP contribution >= 0.6 is 46.3 Å². The summed E-state index contributed by atoms with van der Waals surface area (Å²) in [6.45, 7) is 2.05. The molecule has 0 radical (unpaired) electrons. The zero-order valence-electron chi connectivity index (χ0n) is 8.13. The van der Waals surface area contributed by atoms with Gasteiger partial charge in [0.1, 0.15) is 0 Å². The molecule has 3 nitrogen and oxygen atoms in total. The molecule has 1 aromatic rings. The minimum absolute atomic E-state index is 0.0472. The van der Waals surface area contributed by atoms with Gasteiger partial charge in [0.05, 0.1) is 18.0 Å². The van der Waals surface area contributed by atoms with E-state index < -0.39 is 0 Å². The molecule has 0 amide bonds. The summed E-state index contributed by atoms with van der Waals surface area (Å²) < 4.78 is 4.20. The van der Waals surface area contributed by atoms with Gasteiger partial charge in [-0.15, -0.1) is 0 Å². The second-order valence-corrected chi connectivity index (χ2v) is 5.69. The van der Waals surface area contributed by atoms with Crippen molar-refractivity contribution < 1.29 is 5.11 Å². The number of rotatable bonds is 5. The number of halogens is 2. The van der Waals surface area contributed by atoms with Crippen LogP contribution in [0.3, 0.4) is 0 Å². The van der Waals surface area contributed by atoms with Crippen molar-refractivity contribution in [2.45, 2.75) is 13.0 Å². The average Bonchev–Trinajstić information content (AvgIpc) is 2.22. The number of nitrogens with one attached hydrogen (secondary N) is 2. The second-order valence-electron chi connectivity index (χ2n) is 3.10. The predicted octanol–water partition coefficient (Wildman–Crippen LogP) is 3.65. The van der Waals surface area contributed by atoms with E-state index in [0.717, 1.165) is 15.8 Å². The van der Waals surface area contributed by atoms with Crippen molar-refractivity contribution in [1.82, 2.24) is 0 Å². The van der Waals surface area contributed by atoms with Gasteiger partial charge < -0.3 is 15.1 Å². The molecule has 15 heavy (non-hydrogen) atoms. The minimum atomic E-state index is 0.0472. The fourth-order valence-corrected chi connectivity index (χ4v) is 2.40. The largest absolute Gasteiger partial charge is 0.394 e. The number of aliphatic hydroxyl groups excluding tert-OH is 1. The van der Waals surface area contributed by atoms with Gasteiger partial charge in [0.2, 0.25) is 0 Å². The van der Waals surface area contributed by atoms with E-state index in [0.29, 0.717) is 0 Å². The van der Waals surface area contributed by atoms with Crippen molar-refractivity contribution in [2.75, 3.05) is 16.6 Å². The Labute approximate surface area is 114 Å². The number of benzene rings is 1. The fourth-order valence-electron chi connectivity index (χ4n) is 1.08. The third-order valence-corrected chi connectivity index (χ3v) is 3.26. The summed E-state index contributed by atoms with van der Waals surface area (Å²) in [5, 5.41) is 12.2. The Balaban J connectivity index is 2.85. The Morgan fingerprint density at radius 1 is 1.53 bits per heavy atom. The average molecular weight is 403 g/mol. The lowest BCUT2D eigenvalue weighted by Gasteiger charge is -2.16. The zero-order chi connectivity index (χ0) is 11.3. The Hall–Kier alpha value is 0.340. The molecule has 0 unspecified atom stereocenters. The molecule has 84 valence electrons. The smallest absolute Gasteiger partial charge is 0.0692 e. The van der Waals surface area contributed by atoms with Crippen LogP contribution in [0.5, 0.6) is 0 Å². The molecule has 0 aliphatic heterocycles. The highest BCUT2D eigenvalue weighted by molar-refractivity contribution is 14.2. The predicted molar refractivity (Wildman–Crippen MR) is 79.5 cm³/mol. The van der Waals surface area contributed by atoms with Gasteiger partial charge in [-0.3, -0.25) is 0 Å². The lowest BCUT2D eigenvalue weighted by Crippen LogP contribution is -2.19. The second kappa shape index (κ2) is 6.82. The van der Waals surface area contributed by atoms with Gasteiger partial charge in [0.25, 0.3) is 0 Å². The van der Waals surface area contributed by atoms with Crippen LogP contribution in [0.4, 0.5) is 11.4 Å². The van der Waals surface area contributed by atoms with Crippen LogP contribution in [0.25, 0.3) is 0 Å². The van der Waals surface area contributed by atoms with E-state index in [-0.39, 0.29) is 12.6 Å². The Bertz CT molecular complexity index is 327. The maximum Gasteiger partial charge on any atom is 0.0692 e. The topological polar surface area (TPSA) is 44.3 Å². The molecule has 0 spiro atoms. The normalized spacial score (nSPS) is 12.3. The molecule has 1 aromatic carbocycles. The molecule has 0 fully saturated rings. The van der Waals surface area contributed by atoms with Gasteiger partial charge in [-0.05, 0) is 25.1 Å². The van der Waals surface area contributed by atoms with Gasteiger partial charge in [0, 0.05) is 40.8 Å². The fraction of sp³-hybridized carbons (Fsp3) is 0.333. The van der Waals surface area contributed by atoms with Gasteiger partial charge >= 0.3 is 0 Å². The van der Waals surface area contributed by atoms with E-state index in [9.17, 15) is 0 Å². The lowest BCUT2D eigenvalue weighted by molar-refractivity contribution is 0.281. The Morgan fingerprint density at radius 3 is 2.87 bits per heavy atom. The quantitative estimate of drug-likeness (QED) is 0.519. The Kier molecular flexibility index (Phi) is 6.10. The van der Waals surface area contributed by atoms with E-state index in [1.165, 1.54) is 9.12 Å². The summed E-state index contributed by atoms with van der Waals surface area (Å²) >= 11 is 5.60. The van der Waals surface area contributed by atoms with Crippen molar-refractivity contribution in [3.8, 4) is 0 Å². The highest BCUT2D eigenvalue weighted by atomic mass is 127. The maximum atomic E-state index is 8.97. The van der Waals surface area contributed by atoms with Crippen molar-refractivity contribution in [3.05, 3.63) is 22.7 Å². The van der Waals surface area contributed by atoms with E-state index >= 15 is 0 Å². The summed E-state index contributed by atoms with van der Waals surface area (Å²) in [6.07, 6.45) is 0. The molecule has 0 aliphatic carbocycles. The number of hydrogen-bond acceptors (Lipinski definition) is 4. The monoisotopic (exact) mass is 402 g/mol. The third kappa shape index (κ3) is 4.38. The number of hydrogen-bond donors (Lipinski definition) is 3. The van der Waals surface area contributed by atoms with Crippen LogP contribution in [-0.4, -0.2) is 17.8 Å². The molecule has 1 rings (SSSR count). The zero-order valence-corrected chi connectivity index (χ0v) is 12.7. The molecule has 0 aliphatic rings. The van der Waals surface area contributed by atoms with E-state index in [1.54, 1.807) is 0 Å². The first-order chi connectivity index (χ1) is 7.17. The van der Waals surface area contributed by atoms with Crippen LogP contribution in [0, 0.1) is 0 Å². The third-order valence-electron chi connectivity index (χ3n) is 1.81. The highest BCUT2D eigenvalue weighted by Crippen LogP contribution is 2.30. The molecule has 0 heterocycles. The van der Waals surface area contributed by atoms with Gasteiger partial charge in [-0.1, -0.05) is 15.9 Å². The molecule has 6 heteroatoms. The van der Waals surface area contributed by atoms with Crippen molar-refractivity contribution in [3.63, 3.8) is 0 Å². The molecule has 0 aromatic heterocycles. The maximum absolute atomic E-state index is 8.97. The molecular weight excluding hydrogens is 391 g/mol. The highest BCUT2D eigenvalue weighted by Gasteiger charge is 2.05. The van der Waals surface area contributed by atoms with Crippen LogP contribution in [0.1, 0.15) is 6.92 Å². The lowest BCUT2D eigenvalue weighted by atomic mass is 10.2. The van der Waals surface area contributed by atoms with Gasteiger partial charge in [-0.25, -0.2) is 0 Å². The van der Waals surface area contributed by atoms with Gasteiger partial charge in [0.15, 0.2) is 0 Å². The van der Waals surface area contributed by atoms with E-state index in [4.69, 9.17) is 5.11 Å². The first kappa shape index (κ1) is 13.4. The molecule has 3 N–H and O–H groups in total. The summed E-state index contributed by atoms with van der Waals surface area (Å²) in [5.74, 6) is 0. The minimum Gasteiger partial charge on any atom is -0.394 e. The number of anilines is 2. The summed E-state index contributed by atoms with van der Waals surface area (Å²) in [4.78, 5) is 0. The van der Waals surface area contributed by atoms with Crippen LogP contribution in [-0.2, 0) is 0 Å². The molecule has 1 atom stereocenters. The van der Waals surface area contributed by atoms with Crippen LogP contribution in [0.2, 0.25) is 0 Å². The van der Waals surface area contributed by atoms with Crippen molar-refractivity contribution in [2.24, 2.45) is 0 Å². The van der Waals surface area contributed by atoms with E-state index in [2.05, 4.69) is 47.2 Å². The number of aliphatic hydroxyl groups is 1. The summed E-state index contributed by atoms with van der Waals surface area (Å²) in [6, 6.07) is 5.99. The first-order valence-electron chi connectivity index (χ1n) is 4.38. The standard InChI is InChI=1S/C9H12BrIN2OS/c1-6(5-14)12-8-3-2-7(10)4-9(8)13-15-11/h2-4,6,12-14H,5H2,1H3/t6-/m0/s1. The first-order valence-corrected chi connectivity index (χ1v) is 8.53. The molecular formula is C9H12BrIN2OS. The SMILES string of the molecule is C[C@@H](CO)Nc1ccc(Br)cc1NSI. The summed E-state index contributed by atoms with van der Waals surface area (Å²) in [5.41, 5.74) is 1.99. The van der Waals surface area contributed by atoms with Crippen LogP contribution < -0.4 is 10.0 Å². The summed E-state index contributed by atoms with van der Waals surface area (Å²) in [7, 11) is 1.51. The molecule has 0 saturated heterocycles. The van der Waals surface area contributed by atoms with Gasteiger partial charge in [-0.2, -0.15) is 0 Å². The van der Waals surface area contributed by atoms with Crippen molar-refractivity contribution >= 4 is 57.6 Å².